The highest BCUT2D eigenvalue weighted by molar-refractivity contribution is 14.0. The zero-order valence-corrected chi connectivity index (χ0v) is 18.1. The highest BCUT2D eigenvalue weighted by Gasteiger charge is 2.23. The molecule has 2 atom stereocenters. The number of nitrogens with one attached hydrogen (secondary N) is 2. The summed E-state index contributed by atoms with van der Waals surface area (Å²) < 4.78 is 1.93. The van der Waals surface area contributed by atoms with Crippen molar-refractivity contribution in [2.75, 3.05) is 19.6 Å². The van der Waals surface area contributed by atoms with E-state index in [0.717, 1.165) is 31.2 Å². The first kappa shape index (κ1) is 21.9. The number of nitrogens with zero attached hydrogens (tertiary/aromatic N) is 3. The topological polar surface area (TPSA) is 74.5 Å². The van der Waals surface area contributed by atoms with E-state index in [2.05, 4.69) is 27.6 Å². The molecule has 2 aromatic rings. The van der Waals surface area contributed by atoms with Crippen LogP contribution in [0.15, 0.2) is 40.3 Å². The van der Waals surface area contributed by atoms with Crippen LogP contribution in [0.25, 0.3) is 0 Å². The average molecular weight is 477 g/mol. The highest BCUT2D eigenvalue weighted by atomic mass is 127. The monoisotopic (exact) mass is 477 g/mol. The Bertz CT molecular complexity index is 613. The van der Waals surface area contributed by atoms with Crippen molar-refractivity contribution in [2.45, 2.75) is 32.9 Å². The number of thiophene rings is 1. The van der Waals surface area contributed by atoms with Crippen molar-refractivity contribution in [3.05, 3.63) is 40.8 Å². The Labute approximate surface area is 170 Å². The zero-order chi connectivity index (χ0) is 17.4. The summed E-state index contributed by atoms with van der Waals surface area (Å²) in [5, 5.41) is 25.3. The summed E-state index contributed by atoms with van der Waals surface area (Å²) in [6.45, 7) is 8.72. The predicted molar refractivity (Wildman–Crippen MR) is 115 cm³/mol. The van der Waals surface area contributed by atoms with Crippen molar-refractivity contribution in [2.24, 2.45) is 10.9 Å². The molecule has 2 unspecified atom stereocenters. The molecular formula is C17H28IN5OS. The number of hydrogen-bond donors (Lipinski definition) is 3. The quantitative estimate of drug-likeness (QED) is 0.311. The van der Waals surface area contributed by atoms with Gasteiger partial charge in [-0.2, -0.15) is 16.4 Å². The van der Waals surface area contributed by atoms with Gasteiger partial charge in [-0.25, -0.2) is 4.99 Å². The lowest BCUT2D eigenvalue weighted by Gasteiger charge is -2.21. The maximum absolute atomic E-state index is 10.6. The zero-order valence-electron chi connectivity index (χ0n) is 15.0. The summed E-state index contributed by atoms with van der Waals surface area (Å²) in [7, 11) is 0. The van der Waals surface area contributed by atoms with E-state index in [4.69, 9.17) is 0 Å². The fourth-order valence-corrected chi connectivity index (χ4v) is 3.08. The fraction of sp³-hybridized carbons (Fsp3) is 0.529. The third kappa shape index (κ3) is 7.33. The van der Waals surface area contributed by atoms with Crippen LogP contribution in [-0.2, 0) is 12.1 Å². The molecule has 140 valence electrons. The van der Waals surface area contributed by atoms with Crippen LogP contribution in [0.2, 0.25) is 0 Å². The highest BCUT2D eigenvalue weighted by Crippen LogP contribution is 2.23. The molecule has 0 amide bonds. The second kappa shape index (κ2) is 10.8. The normalized spacial score (nSPS) is 15.1. The first-order valence-electron chi connectivity index (χ1n) is 8.26. The molecular weight excluding hydrogens is 449 g/mol. The van der Waals surface area contributed by atoms with E-state index in [1.165, 1.54) is 0 Å². The summed E-state index contributed by atoms with van der Waals surface area (Å²) in [5.74, 6) is 1.13. The maximum Gasteiger partial charge on any atom is 0.191 e. The molecule has 0 fully saturated rings. The van der Waals surface area contributed by atoms with Crippen LogP contribution < -0.4 is 10.6 Å². The number of aliphatic imine (C=N–C) groups is 1. The minimum Gasteiger partial charge on any atom is -0.383 e. The molecule has 2 heterocycles. The molecule has 2 rings (SSSR count). The van der Waals surface area contributed by atoms with Crippen molar-refractivity contribution < 1.29 is 5.11 Å². The van der Waals surface area contributed by atoms with Gasteiger partial charge in [0.25, 0.3) is 0 Å². The van der Waals surface area contributed by atoms with Crippen LogP contribution in [-0.4, -0.2) is 40.5 Å². The second-order valence-electron chi connectivity index (χ2n) is 6.20. The molecule has 8 heteroatoms. The Kier molecular flexibility index (Phi) is 9.44. The molecule has 0 aliphatic rings. The van der Waals surface area contributed by atoms with Crippen LogP contribution in [0.4, 0.5) is 0 Å². The smallest absolute Gasteiger partial charge is 0.191 e. The number of hydrogen-bond acceptors (Lipinski definition) is 4. The molecule has 0 bridgehead atoms. The number of guanidine groups is 1. The van der Waals surface area contributed by atoms with E-state index in [0.29, 0.717) is 12.5 Å². The predicted octanol–water partition coefficient (Wildman–Crippen LogP) is 2.66. The average Bonchev–Trinajstić information content (AvgIpc) is 3.23. The van der Waals surface area contributed by atoms with Gasteiger partial charge in [0.2, 0.25) is 0 Å². The van der Waals surface area contributed by atoms with Gasteiger partial charge >= 0.3 is 0 Å². The Morgan fingerprint density at radius 3 is 2.88 bits per heavy atom. The SMILES string of the molecule is CCNC(=NCC(C)(O)c1ccsc1)NCC(C)Cn1cccn1.I. The molecule has 0 saturated heterocycles. The van der Waals surface area contributed by atoms with Gasteiger partial charge < -0.3 is 15.7 Å². The standard InChI is InChI=1S/C17H27N5OS.HI/c1-4-18-16(19-10-14(2)11-22-8-5-7-21-22)20-13-17(3,23)15-6-9-24-12-15;/h5-9,12,14,23H,4,10-11,13H2,1-3H3,(H2,18,19,20);1H. The van der Waals surface area contributed by atoms with E-state index in [9.17, 15) is 5.11 Å². The fourth-order valence-electron chi connectivity index (χ4n) is 2.30. The lowest BCUT2D eigenvalue weighted by molar-refractivity contribution is 0.0677. The minimum atomic E-state index is -0.955. The van der Waals surface area contributed by atoms with E-state index >= 15 is 0 Å². The maximum atomic E-state index is 10.6. The molecule has 0 radical (unpaired) electrons. The van der Waals surface area contributed by atoms with Crippen molar-refractivity contribution in [1.82, 2.24) is 20.4 Å². The van der Waals surface area contributed by atoms with Crippen LogP contribution in [0.5, 0.6) is 0 Å². The Morgan fingerprint density at radius 2 is 2.28 bits per heavy atom. The largest absolute Gasteiger partial charge is 0.383 e. The Balaban J connectivity index is 0.00000312. The van der Waals surface area contributed by atoms with Crippen molar-refractivity contribution in [3.63, 3.8) is 0 Å². The van der Waals surface area contributed by atoms with Gasteiger partial charge in [0.1, 0.15) is 5.60 Å². The first-order valence-corrected chi connectivity index (χ1v) is 9.20. The lowest BCUT2D eigenvalue weighted by atomic mass is 10.00. The van der Waals surface area contributed by atoms with E-state index in [1.54, 1.807) is 24.5 Å². The molecule has 0 saturated carbocycles. The third-order valence-electron chi connectivity index (χ3n) is 3.71. The lowest BCUT2D eigenvalue weighted by Crippen LogP contribution is -2.41. The molecule has 2 aromatic heterocycles. The number of aromatic nitrogens is 2. The summed E-state index contributed by atoms with van der Waals surface area (Å²) >= 11 is 1.58. The van der Waals surface area contributed by atoms with Crippen molar-refractivity contribution >= 4 is 41.3 Å². The van der Waals surface area contributed by atoms with Gasteiger partial charge in [-0.15, -0.1) is 24.0 Å². The first-order chi connectivity index (χ1) is 11.5. The van der Waals surface area contributed by atoms with Gasteiger partial charge in [-0.05, 0) is 48.2 Å². The molecule has 25 heavy (non-hydrogen) atoms. The summed E-state index contributed by atoms with van der Waals surface area (Å²) in [6, 6.07) is 3.87. The third-order valence-corrected chi connectivity index (χ3v) is 4.39. The molecule has 0 aliphatic carbocycles. The molecule has 3 N–H and O–H groups in total. The Hall–Kier alpha value is -1.13. The summed E-state index contributed by atoms with van der Waals surface area (Å²) in [6.07, 6.45) is 3.76. The summed E-state index contributed by atoms with van der Waals surface area (Å²) in [4.78, 5) is 4.54. The van der Waals surface area contributed by atoms with Crippen molar-refractivity contribution in [1.29, 1.82) is 0 Å². The van der Waals surface area contributed by atoms with E-state index in [-0.39, 0.29) is 24.0 Å². The van der Waals surface area contributed by atoms with Crippen LogP contribution in [0, 0.1) is 5.92 Å². The Morgan fingerprint density at radius 1 is 1.48 bits per heavy atom. The van der Waals surface area contributed by atoms with Gasteiger partial charge in [0.05, 0.1) is 6.54 Å². The van der Waals surface area contributed by atoms with Gasteiger partial charge in [-0.3, -0.25) is 4.68 Å². The number of halogens is 1. The van der Waals surface area contributed by atoms with Gasteiger partial charge in [0, 0.05) is 32.0 Å². The van der Waals surface area contributed by atoms with Crippen LogP contribution >= 0.6 is 35.3 Å². The molecule has 0 aliphatic heterocycles. The molecule has 6 nitrogen and oxygen atoms in total. The molecule has 0 aromatic carbocycles. The minimum absolute atomic E-state index is 0. The van der Waals surface area contributed by atoms with Crippen LogP contribution in [0.1, 0.15) is 26.3 Å². The van der Waals surface area contributed by atoms with Gasteiger partial charge in [-0.1, -0.05) is 6.92 Å². The van der Waals surface area contributed by atoms with Gasteiger partial charge in [0.15, 0.2) is 5.96 Å². The summed E-state index contributed by atoms with van der Waals surface area (Å²) in [5.41, 5.74) is -0.0533. The molecule has 0 spiro atoms. The second-order valence-corrected chi connectivity index (χ2v) is 6.98. The van der Waals surface area contributed by atoms with E-state index < -0.39 is 5.60 Å². The van der Waals surface area contributed by atoms with Crippen molar-refractivity contribution in [3.8, 4) is 0 Å². The number of aliphatic hydroxyl groups is 1. The van der Waals surface area contributed by atoms with Crippen LogP contribution in [0.3, 0.4) is 0 Å². The van der Waals surface area contributed by atoms with E-state index in [1.807, 2.05) is 40.7 Å². The number of rotatable bonds is 8.